The summed E-state index contributed by atoms with van der Waals surface area (Å²) in [6.07, 6.45) is 4.15. The molecule has 0 radical (unpaired) electrons. The lowest BCUT2D eigenvalue weighted by atomic mass is 10.0. The molecule has 0 aliphatic rings. The van der Waals surface area contributed by atoms with Gasteiger partial charge in [0.2, 0.25) is 0 Å². The predicted molar refractivity (Wildman–Crippen MR) is 97.6 cm³/mol. The van der Waals surface area contributed by atoms with Gasteiger partial charge in [-0.3, -0.25) is 4.98 Å². The maximum Gasteiger partial charge on any atom is 0.128 e. The molecule has 23 heavy (non-hydrogen) atoms. The zero-order chi connectivity index (χ0) is 15.6. The first-order valence-corrected chi connectivity index (χ1v) is 8.81. The molecular weight excluding hydrogens is 370 g/mol. The van der Waals surface area contributed by atoms with Crippen molar-refractivity contribution in [1.29, 1.82) is 0 Å². The maximum atomic E-state index is 4.54. The Labute approximate surface area is 146 Å². The Morgan fingerprint density at radius 3 is 2.52 bits per heavy atom. The molecule has 0 spiro atoms. The van der Waals surface area contributed by atoms with Crippen LogP contribution in [-0.2, 0) is 6.42 Å². The Bertz CT molecular complexity index is 952. The predicted octanol–water partition coefficient (Wildman–Crippen LogP) is 5.11. The van der Waals surface area contributed by atoms with Crippen molar-refractivity contribution in [3.8, 4) is 11.1 Å². The minimum atomic E-state index is 0.697. The summed E-state index contributed by atoms with van der Waals surface area (Å²) in [5, 5.41) is 1.11. The third-order valence-electron chi connectivity index (χ3n) is 3.66. The van der Waals surface area contributed by atoms with Crippen LogP contribution >= 0.6 is 27.3 Å². The molecule has 0 bridgehead atoms. The second-order valence-electron chi connectivity index (χ2n) is 5.12. The van der Waals surface area contributed by atoms with Crippen LogP contribution in [0.4, 0.5) is 0 Å². The highest BCUT2D eigenvalue weighted by Crippen LogP contribution is 2.42. The zero-order valence-electron chi connectivity index (χ0n) is 12.1. The van der Waals surface area contributed by atoms with Crippen LogP contribution in [0.25, 0.3) is 21.3 Å². The molecule has 0 saturated heterocycles. The van der Waals surface area contributed by atoms with Gasteiger partial charge in [-0.05, 0) is 33.6 Å². The third-order valence-corrected chi connectivity index (χ3v) is 5.43. The lowest BCUT2D eigenvalue weighted by molar-refractivity contribution is 1.01. The van der Waals surface area contributed by atoms with Gasteiger partial charge in [0.15, 0.2) is 0 Å². The standard InChI is InChI=1S/C18H12BrN3S/c19-17-15(12-6-2-1-3-7-12)16-14(21-11-22-18(16)23-17)10-13-8-4-5-9-20-13/h1-9,11H,10H2. The van der Waals surface area contributed by atoms with Crippen molar-refractivity contribution in [3.05, 3.63) is 76.2 Å². The van der Waals surface area contributed by atoms with Gasteiger partial charge in [-0.2, -0.15) is 0 Å². The summed E-state index contributed by atoms with van der Waals surface area (Å²) in [5.41, 5.74) is 4.35. The number of rotatable bonds is 3. The molecule has 0 aliphatic heterocycles. The number of aromatic nitrogens is 3. The van der Waals surface area contributed by atoms with Crippen LogP contribution in [0.2, 0.25) is 0 Å². The SMILES string of the molecule is Brc1sc2ncnc(Cc3ccccn3)c2c1-c1ccccc1. The number of benzene rings is 1. The van der Waals surface area contributed by atoms with Crippen molar-refractivity contribution in [2.45, 2.75) is 6.42 Å². The summed E-state index contributed by atoms with van der Waals surface area (Å²) in [7, 11) is 0. The first-order chi connectivity index (χ1) is 11.3. The van der Waals surface area contributed by atoms with Crippen LogP contribution in [0.5, 0.6) is 0 Å². The van der Waals surface area contributed by atoms with Gasteiger partial charge in [-0.25, -0.2) is 9.97 Å². The number of hydrogen-bond acceptors (Lipinski definition) is 4. The topological polar surface area (TPSA) is 38.7 Å². The highest BCUT2D eigenvalue weighted by Gasteiger charge is 2.17. The number of fused-ring (bicyclic) bond motifs is 1. The molecule has 0 fully saturated rings. The average Bonchev–Trinajstić information content (AvgIpc) is 2.93. The van der Waals surface area contributed by atoms with Gasteiger partial charge in [0.25, 0.3) is 0 Å². The summed E-state index contributed by atoms with van der Waals surface area (Å²) < 4.78 is 1.08. The Balaban J connectivity index is 1.92. The van der Waals surface area contributed by atoms with Gasteiger partial charge in [0.05, 0.1) is 9.48 Å². The van der Waals surface area contributed by atoms with Gasteiger partial charge in [0, 0.05) is 29.3 Å². The quantitative estimate of drug-likeness (QED) is 0.495. The second kappa shape index (κ2) is 6.18. The van der Waals surface area contributed by atoms with Gasteiger partial charge in [0.1, 0.15) is 11.2 Å². The molecule has 112 valence electrons. The van der Waals surface area contributed by atoms with Crippen LogP contribution in [0.1, 0.15) is 11.4 Å². The van der Waals surface area contributed by atoms with Crippen molar-refractivity contribution < 1.29 is 0 Å². The van der Waals surface area contributed by atoms with Crippen LogP contribution in [-0.4, -0.2) is 15.0 Å². The number of pyridine rings is 1. The normalized spacial score (nSPS) is 11.0. The molecule has 1 aromatic carbocycles. The molecule has 0 N–H and O–H groups in total. The van der Waals surface area contributed by atoms with Crippen LogP contribution in [0.15, 0.2) is 64.8 Å². The minimum Gasteiger partial charge on any atom is -0.261 e. The van der Waals surface area contributed by atoms with E-state index in [1.165, 1.54) is 5.56 Å². The summed E-state index contributed by atoms with van der Waals surface area (Å²) in [6, 6.07) is 16.3. The van der Waals surface area contributed by atoms with Gasteiger partial charge >= 0.3 is 0 Å². The van der Waals surface area contributed by atoms with Crippen LogP contribution < -0.4 is 0 Å². The van der Waals surface area contributed by atoms with Crippen LogP contribution in [0.3, 0.4) is 0 Å². The fourth-order valence-electron chi connectivity index (χ4n) is 2.64. The molecule has 3 aromatic heterocycles. The van der Waals surface area contributed by atoms with E-state index in [0.29, 0.717) is 6.42 Å². The smallest absolute Gasteiger partial charge is 0.128 e. The number of hydrogen-bond donors (Lipinski definition) is 0. The van der Waals surface area contributed by atoms with E-state index < -0.39 is 0 Å². The van der Waals surface area contributed by atoms with Gasteiger partial charge < -0.3 is 0 Å². The molecule has 4 rings (SSSR count). The van der Waals surface area contributed by atoms with Crippen molar-refractivity contribution in [2.75, 3.05) is 0 Å². The summed E-state index contributed by atoms with van der Waals surface area (Å²) in [4.78, 5) is 14.4. The Hall–Kier alpha value is -2.11. The van der Waals surface area contributed by atoms with E-state index in [-0.39, 0.29) is 0 Å². The Kier molecular flexibility index (Phi) is 3.89. The lowest BCUT2D eigenvalue weighted by Gasteiger charge is -2.06. The zero-order valence-corrected chi connectivity index (χ0v) is 14.5. The molecule has 0 atom stereocenters. The van der Waals surface area contributed by atoms with Crippen molar-refractivity contribution in [3.63, 3.8) is 0 Å². The molecule has 3 heterocycles. The van der Waals surface area contributed by atoms with Crippen LogP contribution in [0, 0.1) is 0 Å². The second-order valence-corrected chi connectivity index (χ2v) is 7.43. The molecule has 0 aliphatic carbocycles. The molecule has 5 heteroatoms. The van der Waals surface area contributed by atoms with E-state index in [2.05, 4.69) is 43.0 Å². The largest absolute Gasteiger partial charge is 0.261 e. The van der Waals surface area contributed by atoms with E-state index in [1.807, 2.05) is 42.6 Å². The van der Waals surface area contributed by atoms with E-state index in [4.69, 9.17) is 0 Å². The molecule has 0 saturated carbocycles. The van der Waals surface area contributed by atoms with E-state index >= 15 is 0 Å². The van der Waals surface area contributed by atoms with Crippen molar-refractivity contribution in [2.24, 2.45) is 0 Å². The molecule has 0 amide bonds. The lowest BCUT2D eigenvalue weighted by Crippen LogP contribution is -1.96. The van der Waals surface area contributed by atoms with E-state index in [9.17, 15) is 0 Å². The Morgan fingerprint density at radius 1 is 0.913 bits per heavy atom. The fourth-order valence-corrected chi connectivity index (χ4v) is 4.44. The first kappa shape index (κ1) is 14.5. The summed E-state index contributed by atoms with van der Waals surface area (Å²) in [5.74, 6) is 0. The minimum absolute atomic E-state index is 0.697. The number of nitrogens with zero attached hydrogens (tertiary/aromatic N) is 3. The van der Waals surface area contributed by atoms with E-state index in [1.54, 1.807) is 17.7 Å². The fraction of sp³-hybridized carbons (Fsp3) is 0.0556. The molecule has 3 nitrogen and oxygen atoms in total. The molecule has 0 unspecified atom stereocenters. The highest BCUT2D eigenvalue weighted by atomic mass is 79.9. The Morgan fingerprint density at radius 2 is 1.74 bits per heavy atom. The number of halogens is 1. The van der Waals surface area contributed by atoms with Crippen molar-refractivity contribution in [1.82, 2.24) is 15.0 Å². The third kappa shape index (κ3) is 2.78. The molecular formula is C18H12BrN3S. The summed E-state index contributed by atoms with van der Waals surface area (Å²) in [6.45, 7) is 0. The highest BCUT2D eigenvalue weighted by molar-refractivity contribution is 9.11. The first-order valence-electron chi connectivity index (χ1n) is 7.20. The maximum absolute atomic E-state index is 4.54. The molecule has 4 aromatic rings. The summed E-state index contributed by atoms with van der Waals surface area (Å²) >= 11 is 5.34. The van der Waals surface area contributed by atoms with Gasteiger partial charge in [-0.15, -0.1) is 11.3 Å². The number of thiophene rings is 1. The van der Waals surface area contributed by atoms with E-state index in [0.717, 1.165) is 31.0 Å². The van der Waals surface area contributed by atoms with Crippen molar-refractivity contribution >= 4 is 37.5 Å². The average molecular weight is 382 g/mol. The monoisotopic (exact) mass is 381 g/mol. The van der Waals surface area contributed by atoms with Gasteiger partial charge in [-0.1, -0.05) is 36.4 Å².